The van der Waals surface area contributed by atoms with Gasteiger partial charge in [0.25, 0.3) is 0 Å². The van der Waals surface area contributed by atoms with E-state index in [1.54, 1.807) is 0 Å². The molecule has 0 bridgehead atoms. The maximum Gasteiger partial charge on any atom is 0.119 e. The van der Waals surface area contributed by atoms with Crippen molar-refractivity contribution in [2.75, 3.05) is 5.75 Å². The quantitative estimate of drug-likeness (QED) is 0.205. The lowest BCUT2D eigenvalue weighted by Crippen LogP contribution is -2.36. The van der Waals surface area contributed by atoms with Crippen molar-refractivity contribution in [1.82, 2.24) is 0 Å². The minimum atomic E-state index is -0.293. The molecule has 0 aromatic heterocycles. The zero-order valence-electron chi connectivity index (χ0n) is 28.5. The van der Waals surface area contributed by atoms with Crippen molar-refractivity contribution < 1.29 is 10.2 Å². The van der Waals surface area contributed by atoms with Gasteiger partial charge in [-0.05, 0) is 82.4 Å². The monoisotopic (exact) mass is 582 g/mol. The number of benzene rings is 2. The van der Waals surface area contributed by atoms with Crippen LogP contribution in [0, 0.1) is 13.8 Å². The second kappa shape index (κ2) is 15.2. The Kier molecular flexibility index (Phi) is 13.2. The van der Waals surface area contributed by atoms with Crippen LogP contribution in [0.2, 0.25) is 0 Å². The number of hydrogen-bond donors (Lipinski definition) is 2. The Morgan fingerprint density at radius 1 is 0.585 bits per heavy atom. The summed E-state index contributed by atoms with van der Waals surface area (Å²) in [5.41, 5.74) is 6.14. The average molecular weight is 583 g/mol. The van der Waals surface area contributed by atoms with Gasteiger partial charge in [0, 0.05) is 10.7 Å². The lowest BCUT2D eigenvalue weighted by Gasteiger charge is -2.41. The van der Waals surface area contributed by atoms with Crippen LogP contribution in [0.25, 0.3) is 0 Å². The number of thioether (sulfide) groups is 1. The van der Waals surface area contributed by atoms with E-state index in [1.807, 2.05) is 12.1 Å². The van der Waals surface area contributed by atoms with Crippen molar-refractivity contribution in [1.29, 1.82) is 0 Å². The van der Waals surface area contributed by atoms with E-state index < -0.39 is 0 Å². The summed E-state index contributed by atoms with van der Waals surface area (Å²) in [4.78, 5) is 0. The van der Waals surface area contributed by atoms with Crippen molar-refractivity contribution in [3.8, 4) is 11.5 Å². The van der Waals surface area contributed by atoms with Gasteiger partial charge in [-0.1, -0.05) is 132 Å². The molecule has 2 rings (SSSR count). The van der Waals surface area contributed by atoms with Crippen LogP contribution in [0.3, 0.4) is 0 Å². The Morgan fingerprint density at radius 2 is 0.951 bits per heavy atom. The lowest BCUT2D eigenvalue weighted by atomic mass is 9.68. The Labute approximate surface area is 258 Å². The number of unbranched alkanes of at least 4 members (excludes halogenated alkanes) is 9. The zero-order valence-corrected chi connectivity index (χ0v) is 29.3. The van der Waals surface area contributed by atoms with Crippen LogP contribution in [-0.2, 0) is 16.2 Å². The maximum atomic E-state index is 10.9. The highest BCUT2D eigenvalue weighted by Crippen LogP contribution is 2.48. The van der Waals surface area contributed by atoms with Gasteiger partial charge in [-0.2, -0.15) is 11.8 Å². The van der Waals surface area contributed by atoms with Gasteiger partial charge >= 0.3 is 0 Å². The molecular formula is C38H62O2S. The third-order valence-corrected chi connectivity index (χ3v) is 10.6. The van der Waals surface area contributed by atoms with Crippen molar-refractivity contribution >= 4 is 11.8 Å². The molecule has 0 fully saturated rings. The second-order valence-corrected chi connectivity index (χ2v) is 16.2. The number of phenolic OH excluding ortho intramolecular Hbond substituents is 2. The standard InChI is InChI=1S/C38H62O2S/c1-12-13-14-15-16-17-18-19-20-21-22-41-29(4)38(11,30-25-32(36(5,6)7)34(39)23-27(30)2)31-26-33(37(8,9)10)35(40)24-28(31)3/h23-26,29,39-40H,12-22H2,1-11H3. The third-order valence-electron chi connectivity index (χ3n) is 9.10. The molecule has 1 atom stereocenters. The van der Waals surface area contributed by atoms with Crippen molar-refractivity contribution in [2.24, 2.45) is 0 Å². The summed E-state index contributed by atoms with van der Waals surface area (Å²) in [6.07, 6.45) is 13.6. The fraction of sp³-hybridized carbons (Fsp3) is 0.684. The second-order valence-electron chi connectivity index (χ2n) is 14.8. The van der Waals surface area contributed by atoms with Crippen LogP contribution in [-0.4, -0.2) is 21.2 Å². The van der Waals surface area contributed by atoms with Crippen molar-refractivity contribution in [2.45, 2.75) is 162 Å². The topological polar surface area (TPSA) is 40.5 Å². The van der Waals surface area contributed by atoms with Crippen LogP contribution >= 0.6 is 11.8 Å². The minimum Gasteiger partial charge on any atom is -0.508 e. The van der Waals surface area contributed by atoms with Crippen LogP contribution in [0.15, 0.2) is 24.3 Å². The average Bonchev–Trinajstić information content (AvgIpc) is 2.85. The molecule has 0 aliphatic carbocycles. The summed E-state index contributed by atoms with van der Waals surface area (Å²) < 4.78 is 0. The van der Waals surface area contributed by atoms with E-state index >= 15 is 0 Å². The molecule has 0 radical (unpaired) electrons. The Bertz CT molecular complexity index is 1030. The van der Waals surface area contributed by atoms with E-state index in [1.165, 1.54) is 75.3 Å². The van der Waals surface area contributed by atoms with E-state index in [2.05, 4.69) is 100 Å². The largest absolute Gasteiger partial charge is 0.508 e. The lowest BCUT2D eigenvalue weighted by molar-refractivity contribution is 0.441. The maximum absolute atomic E-state index is 10.9. The normalized spacial score (nSPS) is 13.5. The van der Waals surface area contributed by atoms with Gasteiger partial charge in [0.1, 0.15) is 11.5 Å². The van der Waals surface area contributed by atoms with Gasteiger partial charge < -0.3 is 10.2 Å². The number of hydrogen-bond acceptors (Lipinski definition) is 3. The molecule has 41 heavy (non-hydrogen) atoms. The van der Waals surface area contributed by atoms with Gasteiger partial charge in [-0.25, -0.2) is 0 Å². The summed E-state index contributed by atoms with van der Waals surface area (Å²) in [7, 11) is 0. The summed E-state index contributed by atoms with van der Waals surface area (Å²) in [5.74, 6) is 1.91. The number of aryl methyl sites for hydroxylation is 2. The first-order chi connectivity index (χ1) is 19.0. The van der Waals surface area contributed by atoms with E-state index in [-0.39, 0.29) is 16.2 Å². The van der Waals surface area contributed by atoms with Crippen molar-refractivity contribution in [3.63, 3.8) is 0 Å². The molecule has 0 aliphatic heterocycles. The minimum absolute atomic E-state index is 0.166. The smallest absolute Gasteiger partial charge is 0.119 e. The van der Waals surface area contributed by atoms with Crippen molar-refractivity contribution in [3.05, 3.63) is 57.6 Å². The number of phenols is 2. The van der Waals surface area contributed by atoms with Crippen LogP contribution in [0.5, 0.6) is 11.5 Å². The first-order valence-corrected chi connectivity index (χ1v) is 17.4. The molecule has 1 unspecified atom stereocenters. The Morgan fingerprint density at radius 3 is 1.32 bits per heavy atom. The summed E-state index contributed by atoms with van der Waals surface area (Å²) in [6, 6.07) is 8.47. The molecule has 2 aromatic rings. The number of aromatic hydroxyl groups is 2. The molecule has 232 valence electrons. The van der Waals surface area contributed by atoms with Gasteiger partial charge in [-0.3, -0.25) is 0 Å². The first kappa shape index (κ1) is 35.6. The van der Waals surface area contributed by atoms with Crippen LogP contribution in [0.1, 0.15) is 160 Å². The molecule has 0 saturated carbocycles. The van der Waals surface area contributed by atoms with E-state index in [4.69, 9.17) is 0 Å². The molecule has 2 N–H and O–H groups in total. The van der Waals surface area contributed by atoms with E-state index in [0.29, 0.717) is 16.7 Å². The predicted octanol–water partition coefficient (Wildman–Crippen LogP) is 11.7. The SMILES string of the molecule is CCCCCCCCCCCCSC(C)C(C)(c1cc(C(C)(C)C)c(O)cc1C)c1cc(C(C)(C)C)c(O)cc1C. The van der Waals surface area contributed by atoms with Gasteiger partial charge in [0.15, 0.2) is 0 Å². The van der Waals surface area contributed by atoms with Crippen LogP contribution < -0.4 is 0 Å². The molecule has 0 heterocycles. The fourth-order valence-corrected chi connectivity index (χ4v) is 7.62. The molecule has 3 heteroatoms. The highest BCUT2D eigenvalue weighted by atomic mass is 32.2. The number of rotatable bonds is 15. The molecule has 2 nitrogen and oxygen atoms in total. The Balaban J connectivity index is 2.36. The molecule has 0 aliphatic rings. The first-order valence-electron chi connectivity index (χ1n) is 16.4. The van der Waals surface area contributed by atoms with E-state index in [0.717, 1.165) is 28.0 Å². The van der Waals surface area contributed by atoms with Gasteiger partial charge in [-0.15, -0.1) is 0 Å². The van der Waals surface area contributed by atoms with Crippen LogP contribution in [0.4, 0.5) is 0 Å². The summed E-state index contributed by atoms with van der Waals surface area (Å²) >= 11 is 2.08. The highest BCUT2D eigenvalue weighted by molar-refractivity contribution is 7.99. The zero-order chi connectivity index (χ0) is 31.0. The fourth-order valence-electron chi connectivity index (χ4n) is 6.31. The third kappa shape index (κ3) is 9.44. The molecule has 0 spiro atoms. The summed E-state index contributed by atoms with van der Waals surface area (Å²) in [5, 5.41) is 22.2. The Hall–Kier alpha value is -1.61. The van der Waals surface area contributed by atoms with E-state index in [9.17, 15) is 10.2 Å². The molecule has 0 saturated heterocycles. The van der Waals surface area contributed by atoms with Gasteiger partial charge in [0.05, 0.1) is 0 Å². The highest BCUT2D eigenvalue weighted by Gasteiger charge is 2.40. The molecule has 2 aromatic carbocycles. The summed E-state index contributed by atoms with van der Waals surface area (Å²) in [6.45, 7) is 24.4. The van der Waals surface area contributed by atoms with Gasteiger partial charge in [0.2, 0.25) is 0 Å². The molecular weight excluding hydrogens is 520 g/mol. The molecule has 0 amide bonds. The predicted molar refractivity (Wildman–Crippen MR) is 183 cm³/mol.